The van der Waals surface area contributed by atoms with Crippen molar-refractivity contribution in [1.82, 2.24) is 10.2 Å². The first-order chi connectivity index (χ1) is 3.77. The zero-order valence-electron chi connectivity index (χ0n) is 6.48. The van der Waals surface area contributed by atoms with Crippen molar-refractivity contribution in [2.75, 3.05) is 33.7 Å². The molecule has 0 aliphatic rings. The molecule has 0 aromatic carbocycles. The maximum atomic E-state index is 3.24. The predicted molar refractivity (Wildman–Crippen MR) is 44.3 cm³/mol. The van der Waals surface area contributed by atoms with Crippen molar-refractivity contribution in [3.05, 3.63) is 0 Å². The van der Waals surface area contributed by atoms with E-state index in [0.29, 0.717) is 0 Å². The summed E-state index contributed by atoms with van der Waals surface area (Å²) in [5.41, 5.74) is 0. The Morgan fingerprint density at radius 3 is 2.22 bits per heavy atom. The van der Waals surface area contributed by atoms with Crippen LogP contribution in [0.5, 0.6) is 0 Å². The van der Waals surface area contributed by atoms with Crippen LogP contribution in [0.15, 0.2) is 0 Å². The Morgan fingerprint density at radius 2 is 1.89 bits per heavy atom. The highest BCUT2D eigenvalue weighted by molar-refractivity contribution is 5.85. The molecule has 0 rings (SSSR count). The van der Waals surface area contributed by atoms with E-state index in [1.54, 1.807) is 0 Å². The first-order valence-corrected chi connectivity index (χ1v) is 3.12. The number of nitrogens with one attached hydrogen (secondary N) is 1. The van der Waals surface area contributed by atoms with Gasteiger partial charge in [-0.3, -0.25) is 0 Å². The summed E-state index contributed by atoms with van der Waals surface area (Å²) in [7, 11) is 4.16. The minimum Gasteiger partial charge on any atom is -0.316 e. The monoisotopic (exact) mass is 152 g/mol. The van der Waals surface area contributed by atoms with Gasteiger partial charge < -0.3 is 10.2 Å². The van der Waals surface area contributed by atoms with E-state index in [4.69, 9.17) is 0 Å². The zero-order chi connectivity index (χ0) is 6.41. The summed E-state index contributed by atoms with van der Waals surface area (Å²) < 4.78 is 0. The maximum absolute atomic E-state index is 3.24. The summed E-state index contributed by atoms with van der Waals surface area (Å²) in [5.74, 6) is 0. The first kappa shape index (κ1) is 11.9. The predicted octanol–water partition coefficient (Wildman–Crippen LogP) is 0.579. The van der Waals surface area contributed by atoms with Gasteiger partial charge in [-0.05, 0) is 20.6 Å². The van der Waals surface area contributed by atoms with Crippen LogP contribution in [-0.2, 0) is 0 Å². The Bertz CT molecular complexity index is 48.3. The molecule has 0 amide bonds. The second-order valence-corrected chi connectivity index (χ2v) is 2.16. The van der Waals surface area contributed by atoms with Crippen molar-refractivity contribution < 1.29 is 0 Å². The van der Waals surface area contributed by atoms with Crippen LogP contribution >= 0.6 is 12.4 Å². The minimum absolute atomic E-state index is 0. The quantitative estimate of drug-likeness (QED) is 0.593. The van der Waals surface area contributed by atoms with E-state index in [9.17, 15) is 0 Å². The molecule has 0 heterocycles. The number of nitrogens with zero attached hydrogens (tertiary/aromatic N) is 1. The van der Waals surface area contributed by atoms with Gasteiger partial charge in [0.1, 0.15) is 0 Å². The van der Waals surface area contributed by atoms with Crippen molar-refractivity contribution in [2.24, 2.45) is 0 Å². The van der Waals surface area contributed by atoms with Gasteiger partial charge in [0.2, 0.25) is 0 Å². The lowest BCUT2D eigenvalue weighted by atomic mass is 10.5. The van der Waals surface area contributed by atoms with E-state index in [0.717, 1.165) is 19.6 Å². The molecule has 0 unspecified atom stereocenters. The van der Waals surface area contributed by atoms with Crippen LogP contribution in [0, 0.1) is 0 Å². The van der Waals surface area contributed by atoms with E-state index in [1.165, 1.54) is 0 Å². The third-order valence-corrected chi connectivity index (χ3v) is 0.986. The van der Waals surface area contributed by atoms with Gasteiger partial charge in [-0.25, -0.2) is 0 Å². The molecule has 0 aromatic rings. The Hall–Kier alpha value is 0.210. The lowest BCUT2D eigenvalue weighted by molar-refractivity contribution is 0.402. The Labute approximate surface area is 64.0 Å². The summed E-state index contributed by atoms with van der Waals surface area (Å²) in [5, 5.41) is 3.24. The normalized spacial score (nSPS) is 9.33. The lowest BCUT2D eigenvalue weighted by Crippen LogP contribution is -2.26. The van der Waals surface area contributed by atoms with Gasteiger partial charge in [0.15, 0.2) is 0 Å². The molecule has 0 aliphatic heterocycles. The number of likely N-dealkylation sites (N-methyl/N-ethyl adjacent to an activating group) is 2. The number of halogens is 1. The molecule has 9 heavy (non-hydrogen) atoms. The van der Waals surface area contributed by atoms with E-state index in [-0.39, 0.29) is 12.4 Å². The van der Waals surface area contributed by atoms with Crippen molar-refractivity contribution in [2.45, 2.75) is 6.92 Å². The van der Waals surface area contributed by atoms with Gasteiger partial charge in [-0.1, -0.05) is 6.92 Å². The van der Waals surface area contributed by atoms with Crippen molar-refractivity contribution in [1.29, 1.82) is 0 Å². The molecule has 0 radical (unpaired) electrons. The smallest absolute Gasteiger partial charge is 0.0101 e. The third kappa shape index (κ3) is 11.7. The largest absolute Gasteiger partial charge is 0.316 e. The summed E-state index contributed by atoms with van der Waals surface area (Å²) in [4.78, 5) is 2.17. The highest BCUT2D eigenvalue weighted by Crippen LogP contribution is 1.68. The van der Waals surface area contributed by atoms with Gasteiger partial charge in [0.05, 0.1) is 0 Å². The molecular formula is C6H17ClN2. The highest BCUT2D eigenvalue weighted by Gasteiger charge is 1.84. The van der Waals surface area contributed by atoms with Gasteiger partial charge in [-0.2, -0.15) is 0 Å². The van der Waals surface area contributed by atoms with Crippen LogP contribution in [0.4, 0.5) is 0 Å². The number of rotatable bonds is 4. The topological polar surface area (TPSA) is 15.3 Å². The second-order valence-electron chi connectivity index (χ2n) is 2.16. The summed E-state index contributed by atoms with van der Waals surface area (Å²) in [6, 6.07) is 0. The van der Waals surface area contributed by atoms with Crippen LogP contribution in [0.1, 0.15) is 6.92 Å². The van der Waals surface area contributed by atoms with E-state index >= 15 is 0 Å². The van der Waals surface area contributed by atoms with Crippen molar-refractivity contribution in [3.8, 4) is 0 Å². The van der Waals surface area contributed by atoms with Crippen LogP contribution in [-0.4, -0.2) is 38.6 Å². The minimum atomic E-state index is 0. The highest BCUT2D eigenvalue weighted by atomic mass is 35.5. The fourth-order valence-electron chi connectivity index (χ4n) is 0.479. The molecule has 0 fully saturated rings. The van der Waals surface area contributed by atoms with E-state index in [1.807, 2.05) is 0 Å². The maximum Gasteiger partial charge on any atom is 0.0101 e. The van der Waals surface area contributed by atoms with E-state index < -0.39 is 0 Å². The fourth-order valence-corrected chi connectivity index (χ4v) is 0.479. The summed E-state index contributed by atoms with van der Waals surface area (Å²) >= 11 is 0. The van der Waals surface area contributed by atoms with Crippen LogP contribution in [0.25, 0.3) is 0 Å². The van der Waals surface area contributed by atoms with Gasteiger partial charge in [0, 0.05) is 13.1 Å². The molecule has 1 N–H and O–H groups in total. The lowest BCUT2D eigenvalue weighted by Gasteiger charge is -2.08. The standard InChI is InChI=1S/C6H16N2.ClH/c1-4-7-5-6-8(2)3;/h7H,4-6H2,1-3H3;1H. The number of hydrogen-bond donors (Lipinski definition) is 1. The Balaban J connectivity index is 0. The third-order valence-electron chi connectivity index (χ3n) is 0.986. The van der Waals surface area contributed by atoms with Gasteiger partial charge in [-0.15, -0.1) is 12.4 Å². The molecular weight excluding hydrogens is 136 g/mol. The SMILES string of the molecule is CCNCCN(C)C.Cl. The molecule has 58 valence electrons. The Kier molecular flexibility index (Phi) is 10.9. The molecule has 0 saturated heterocycles. The van der Waals surface area contributed by atoms with Crippen LogP contribution in [0.2, 0.25) is 0 Å². The average molecular weight is 153 g/mol. The summed E-state index contributed by atoms with van der Waals surface area (Å²) in [6.45, 7) is 5.43. The van der Waals surface area contributed by atoms with E-state index in [2.05, 4.69) is 31.2 Å². The molecule has 0 bridgehead atoms. The van der Waals surface area contributed by atoms with Gasteiger partial charge in [0.25, 0.3) is 0 Å². The van der Waals surface area contributed by atoms with Gasteiger partial charge >= 0.3 is 0 Å². The molecule has 0 aromatic heterocycles. The number of hydrogen-bond acceptors (Lipinski definition) is 2. The first-order valence-electron chi connectivity index (χ1n) is 3.12. The molecule has 0 spiro atoms. The molecule has 0 saturated carbocycles. The zero-order valence-corrected chi connectivity index (χ0v) is 7.29. The van der Waals surface area contributed by atoms with Crippen molar-refractivity contribution in [3.63, 3.8) is 0 Å². The van der Waals surface area contributed by atoms with Crippen molar-refractivity contribution >= 4 is 12.4 Å². The molecule has 0 atom stereocenters. The molecule has 2 nitrogen and oxygen atoms in total. The average Bonchev–Trinajstić information content (AvgIpc) is 1.66. The second kappa shape index (κ2) is 8.21. The van der Waals surface area contributed by atoms with Crippen LogP contribution < -0.4 is 5.32 Å². The molecule has 0 aliphatic carbocycles. The van der Waals surface area contributed by atoms with Crippen LogP contribution in [0.3, 0.4) is 0 Å². The summed E-state index contributed by atoms with van der Waals surface area (Å²) in [6.07, 6.45) is 0. The molecule has 3 heteroatoms. The fraction of sp³-hybridized carbons (Fsp3) is 1.00. The Morgan fingerprint density at radius 1 is 1.33 bits per heavy atom.